The maximum absolute atomic E-state index is 11.6. The third kappa shape index (κ3) is 2.76. The zero-order chi connectivity index (χ0) is 13.8. The molecule has 1 aromatic carbocycles. The van der Waals surface area contributed by atoms with E-state index >= 15 is 0 Å². The van der Waals surface area contributed by atoms with Crippen molar-refractivity contribution in [2.75, 3.05) is 7.11 Å². The van der Waals surface area contributed by atoms with Crippen molar-refractivity contribution in [3.05, 3.63) is 62.8 Å². The number of nitro groups is 1. The van der Waals surface area contributed by atoms with Gasteiger partial charge in [-0.25, -0.2) is 4.98 Å². The highest BCUT2D eigenvalue weighted by Crippen LogP contribution is 2.24. The fourth-order valence-corrected chi connectivity index (χ4v) is 1.68. The van der Waals surface area contributed by atoms with Gasteiger partial charge in [-0.05, 0) is 6.07 Å². The molecule has 0 amide bonds. The van der Waals surface area contributed by atoms with Crippen LogP contribution in [0.2, 0.25) is 0 Å². The molecule has 0 aliphatic heterocycles. The molecule has 2 aromatic rings. The largest absolute Gasteiger partial charge is 0.496 e. The van der Waals surface area contributed by atoms with E-state index in [2.05, 4.69) is 4.98 Å². The summed E-state index contributed by atoms with van der Waals surface area (Å²) in [5.41, 5.74) is 0.267. The normalized spacial score (nSPS) is 10.2. The van der Waals surface area contributed by atoms with Crippen LogP contribution < -0.4 is 10.3 Å². The van der Waals surface area contributed by atoms with Crippen molar-refractivity contribution in [1.29, 1.82) is 0 Å². The number of rotatable bonds is 4. The first-order valence-electron chi connectivity index (χ1n) is 5.43. The van der Waals surface area contributed by atoms with Crippen molar-refractivity contribution in [2.45, 2.75) is 6.54 Å². The predicted octanol–water partition coefficient (Wildman–Crippen LogP) is 1.21. The van der Waals surface area contributed by atoms with Crippen LogP contribution in [0, 0.1) is 10.1 Å². The molecule has 0 saturated heterocycles. The second kappa shape index (κ2) is 5.30. The molecule has 0 atom stereocenters. The molecule has 0 aliphatic carbocycles. The van der Waals surface area contributed by atoms with Crippen LogP contribution in [0.4, 0.5) is 5.69 Å². The zero-order valence-electron chi connectivity index (χ0n) is 10.1. The summed E-state index contributed by atoms with van der Waals surface area (Å²) in [4.78, 5) is 25.7. The van der Waals surface area contributed by atoms with Gasteiger partial charge >= 0.3 is 0 Å². The molecule has 0 bridgehead atoms. The van der Waals surface area contributed by atoms with Crippen LogP contribution in [0.5, 0.6) is 5.75 Å². The number of nitrogens with zero attached hydrogens (tertiary/aromatic N) is 3. The molecule has 0 fully saturated rings. The molecule has 98 valence electrons. The van der Waals surface area contributed by atoms with Gasteiger partial charge < -0.3 is 4.74 Å². The van der Waals surface area contributed by atoms with Gasteiger partial charge in [0.15, 0.2) is 0 Å². The van der Waals surface area contributed by atoms with E-state index in [1.54, 1.807) is 0 Å². The van der Waals surface area contributed by atoms with Crippen molar-refractivity contribution < 1.29 is 9.66 Å². The van der Waals surface area contributed by atoms with Crippen LogP contribution in [0.15, 0.2) is 41.6 Å². The van der Waals surface area contributed by atoms with Gasteiger partial charge in [0.05, 0.1) is 24.9 Å². The van der Waals surface area contributed by atoms with Gasteiger partial charge in [0.1, 0.15) is 5.75 Å². The summed E-state index contributed by atoms with van der Waals surface area (Å²) in [6.45, 7) is 0.164. The van der Waals surface area contributed by atoms with Crippen molar-refractivity contribution in [3.8, 4) is 5.75 Å². The van der Waals surface area contributed by atoms with Crippen LogP contribution in [-0.2, 0) is 6.54 Å². The van der Waals surface area contributed by atoms with Gasteiger partial charge in [0.25, 0.3) is 11.2 Å². The first kappa shape index (κ1) is 12.7. The highest BCUT2D eigenvalue weighted by molar-refractivity contribution is 5.43. The SMILES string of the molecule is COc1ccc([N+](=O)[O-])cc1Cn1cnccc1=O. The van der Waals surface area contributed by atoms with E-state index in [1.807, 2.05) is 0 Å². The molecular formula is C12H11N3O4. The number of non-ortho nitro benzene ring substituents is 1. The van der Waals surface area contributed by atoms with Crippen molar-refractivity contribution in [1.82, 2.24) is 9.55 Å². The molecule has 0 saturated carbocycles. The molecule has 0 radical (unpaired) electrons. The third-order valence-electron chi connectivity index (χ3n) is 2.61. The lowest BCUT2D eigenvalue weighted by molar-refractivity contribution is -0.384. The van der Waals surface area contributed by atoms with Gasteiger partial charge in [-0.1, -0.05) is 0 Å². The Hall–Kier alpha value is -2.70. The smallest absolute Gasteiger partial charge is 0.270 e. The minimum Gasteiger partial charge on any atom is -0.496 e. The van der Waals surface area contributed by atoms with E-state index < -0.39 is 4.92 Å². The van der Waals surface area contributed by atoms with Crippen LogP contribution in [-0.4, -0.2) is 21.6 Å². The Morgan fingerprint density at radius 1 is 1.42 bits per heavy atom. The Morgan fingerprint density at radius 3 is 2.84 bits per heavy atom. The number of aromatic nitrogens is 2. The van der Waals surface area contributed by atoms with Crippen LogP contribution in [0.1, 0.15) is 5.56 Å². The molecule has 1 aromatic heterocycles. The lowest BCUT2D eigenvalue weighted by atomic mass is 10.1. The Labute approximate surface area is 108 Å². The average Bonchev–Trinajstić information content (AvgIpc) is 2.41. The molecule has 0 unspecified atom stereocenters. The van der Waals surface area contributed by atoms with Crippen LogP contribution >= 0.6 is 0 Å². The minimum atomic E-state index is -0.491. The summed E-state index contributed by atoms with van der Waals surface area (Å²) in [7, 11) is 1.47. The minimum absolute atomic E-state index is 0.0484. The zero-order valence-corrected chi connectivity index (χ0v) is 10.1. The molecule has 0 spiro atoms. The number of methoxy groups -OCH3 is 1. The molecule has 2 rings (SSSR count). The van der Waals surface area contributed by atoms with Crippen LogP contribution in [0.3, 0.4) is 0 Å². The van der Waals surface area contributed by atoms with E-state index in [4.69, 9.17) is 4.74 Å². The molecule has 0 N–H and O–H groups in total. The molecule has 7 nitrogen and oxygen atoms in total. The van der Waals surface area contributed by atoms with Gasteiger partial charge in [-0.15, -0.1) is 0 Å². The van der Waals surface area contributed by atoms with E-state index in [1.165, 1.54) is 48.5 Å². The van der Waals surface area contributed by atoms with E-state index in [0.717, 1.165) is 0 Å². The average molecular weight is 261 g/mol. The Morgan fingerprint density at radius 2 is 2.21 bits per heavy atom. The molecule has 19 heavy (non-hydrogen) atoms. The Bertz CT molecular complexity index is 666. The second-order valence-corrected chi connectivity index (χ2v) is 3.80. The van der Waals surface area contributed by atoms with Gasteiger partial charge in [0, 0.05) is 30.0 Å². The summed E-state index contributed by atoms with van der Waals surface area (Å²) in [6, 6.07) is 5.57. The maximum atomic E-state index is 11.6. The molecule has 0 aliphatic rings. The number of benzene rings is 1. The maximum Gasteiger partial charge on any atom is 0.270 e. The molecule has 7 heteroatoms. The summed E-state index contributed by atoms with van der Waals surface area (Å²) < 4.78 is 6.48. The molecule has 1 heterocycles. The summed E-state index contributed by atoms with van der Waals surface area (Å²) in [6.07, 6.45) is 2.77. The number of hydrogen-bond acceptors (Lipinski definition) is 5. The first-order chi connectivity index (χ1) is 9.11. The fourth-order valence-electron chi connectivity index (χ4n) is 1.68. The number of hydrogen-bond donors (Lipinski definition) is 0. The number of nitro benzene ring substituents is 1. The number of ether oxygens (including phenoxy) is 1. The first-order valence-corrected chi connectivity index (χ1v) is 5.43. The quantitative estimate of drug-likeness (QED) is 0.609. The van der Waals surface area contributed by atoms with Crippen molar-refractivity contribution in [3.63, 3.8) is 0 Å². The Kier molecular flexibility index (Phi) is 3.56. The highest BCUT2D eigenvalue weighted by atomic mass is 16.6. The van der Waals surface area contributed by atoms with Gasteiger partial charge in [-0.3, -0.25) is 19.5 Å². The predicted molar refractivity (Wildman–Crippen MR) is 67.2 cm³/mol. The van der Waals surface area contributed by atoms with Crippen molar-refractivity contribution in [2.24, 2.45) is 0 Å². The Balaban J connectivity index is 2.43. The summed E-state index contributed by atoms with van der Waals surface area (Å²) >= 11 is 0. The highest BCUT2D eigenvalue weighted by Gasteiger charge is 2.12. The second-order valence-electron chi connectivity index (χ2n) is 3.80. The molecular weight excluding hydrogens is 250 g/mol. The summed E-state index contributed by atoms with van der Waals surface area (Å²) in [5.74, 6) is 0.487. The van der Waals surface area contributed by atoms with Crippen LogP contribution in [0.25, 0.3) is 0 Å². The topological polar surface area (TPSA) is 87.3 Å². The lowest BCUT2D eigenvalue weighted by Gasteiger charge is -2.09. The lowest BCUT2D eigenvalue weighted by Crippen LogP contribution is -2.19. The van der Waals surface area contributed by atoms with E-state index in [9.17, 15) is 14.9 Å². The standard InChI is InChI=1S/C12H11N3O4/c1-19-11-3-2-10(15(17)18)6-9(11)7-14-8-13-5-4-12(14)16/h2-6,8H,7H2,1H3. The third-order valence-corrected chi connectivity index (χ3v) is 2.61. The van der Waals surface area contributed by atoms with Gasteiger partial charge in [-0.2, -0.15) is 0 Å². The van der Waals surface area contributed by atoms with E-state index in [0.29, 0.717) is 11.3 Å². The summed E-state index contributed by atoms with van der Waals surface area (Å²) in [5, 5.41) is 10.8. The van der Waals surface area contributed by atoms with Crippen molar-refractivity contribution >= 4 is 5.69 Å². The monoisotopic (exact) mass is 261 g/mol. The van der Waals surface area contributed by atoms with E-state index in [-0.39, 0.29) is 17.8 Å². The van der Waals surface area contributed by atoms with Gasteiger partial charge in [0.2, 0.25) is 0 Å². The fraction of sp³-hybridized carbons (Fsp3) is 0.167.